The van der Waals surface area contributed by atoms with Gasteiger partial charge >= 0.3 is 0 Å². The maximum absolute atomic E-state index is 13.9. The lowest BCUT2D eigenvalue weighted by atomic mass is 10.1. The van der Waals surface area contributed by atoms with Crippen molar-refractivity contribution >= 4 is 16.7 Å². The van der Waals surface area contributed by atoms with Crippen molar-refractivity contribution in [3.63, 3.8) is 0 Å². The molecule has 3 aromatic heterocycles. The van der Waals surface area contributed by atoms with E-state index in [4.69, 9.17) is 0 Å². The number of rotatable bonds is 1. The molecule has 0 N–H and O–H groups in total. The number of nitrogens with zero attached hydrogens (tertiary/aromatic N) is 5. The second kappa shape index (κ2) is 4.31. The van der Waals surface area contributed by atoms with Gasteiger partial charge in [-0.1, -0.05) is 6.07 Å². The van der Waals surface area contributed by atoms with Gasteiger partial charge in [-0.25, -0.2) is 9.37 Å². The van der Waals surface area contributed by atoms with Gasteiger partial charge in [-0.05, 0) is 25.1 Å². The molecule has 0 saturated carbocycles. The molecule has 21 heavy (non-hydrogen) atoms. The minimum absolute atomic E-state index is 0.281. The van der Waals surface area contributed by atoms with E-state index >= 15 is 0 Å². The number of aryl methyl sites for hydroxylation is 1. The SMILES string of the molecule is Cc1nnc2ncc(-c3cnc4cccc(F)c4c3)cn12. The van der Waals surface area contributed by atoms with Crippen LogP contribution in [-0.4, -0.2) is 24.6 Å². The summed E-state index contributed by atoms with van der Waals surface area (Å²) < 4.78 is 15.7. The van der Waals surface area contributed by atoms with E-state index in [1.807, 2.05) is 13.1 Å². The van der Waals surface area contributed by atoms with Crippen molar-refractivity contribution in [2.75, 3.05) is 0 Å². The summed E-state index contributed by atoms with van der Waals surface area (Å²) in [7, 11) is 0. The Labute approximate surface area is 119 Å². The third kappa shape index (κ3) is 1.84. The summed E-state index contributed by atoms with van der Waals surface area (Å²) in [5.41, 5.74) is 2.27. The van der Waals surface area contributed by atoms with Gasteiger partial charge in [-0.2, -0.15) is 0 Å². The van der Waals surface area contributed by atoms with Gasteiger partial charge in [0.05, 0.1) is 5.52 Å². The highest BCUT2D eigenvalue weighted by Crippen LogP contribution is 2.24. The largest absolute Gasteiger partial charge is 0.270 e. The summed E-state index contributed by atoms with van der Waals surface area (Å²) in [6.45, 7) is 1.85. The zero-order valence-corrected chi connectivity index (χ0v) is 11.2. The van der Waals surface area contributed by atoms with Gasteiger partial charge in [-0.15, -0.1) is 10.2 Å². The van der Waals surface area contributed by atoms with Crippen molar-refractivity contribution in [3.8, 4) is 11.1 Å². The molecule has 1 aromatic carbocycles. The highest BCUT2D eigenvalue weighted by molar-refractivity contribution is 5.83. The molecule has 0 fully saturated rings. The van der Waals surface area contributed by atoms with Crippen LogP contribution in [0.25, 0.3) is 27.8 Å². The molecule has 3 heterocycles. The van der Waals surface area contributed by atoms with Crippen molar-refractivity contribution in [2.24, 2.45) is 0 Å². The first-order chi connectivity index (χ1) is 10.2. The van der Waals surface area contributed by atoms with E-state index in [0.29, 0.717) is 16.7 Å². The molecule has 4 aromatic rings. The standard InChI is InChI=1S/C15H10FN5/c1-9-19-20-15-18-7-11(8-21(9)15)10-5-12-13(16)3-2-4-14(12)17-6-10/h2-8H,1H3. The van der Waals surface area contributed by atoms with Gasteiger partial charge in [0.2, 0.25) is 0 Å². The second-order valence-corrected chi connectivity index (χ2v) is 4.79. The molecule has 0 unspecified atom stereocenters. The van der Waals surface area contributed by atoms with Gasteiger partial charge in [0.15, 0.2) is 0 Å². The minimum atomic E-state index is -0.281. The van der Waals surface area contributed by atoms with Crippen molar-refractivity contribution in [1.29, 1.82) is 0 Å². The molecule has 102 valence electrons. The number of hydrogen-bond acceptors (Lipinski definition) is 4. The molecule has 0 aliphatic rings. The van der Waals surface area contributed by atoms with E-state index in [1.54, 1.807) is 35.0 Å². The molecular formula is C15H10FN5. The molecule has 6 heteroatoms. The van der Waals surface area contributed by atoms with Crippen LogP contribution in [0.3, 0.4) is 0 Å². The van der Waals surface area contributed by atoms with Crippen LogP contribution in [0.5, 0.6) is 0 Å². The van der Waals surface area contributed by atoms with E-state index in [-0.39, 0.29) is 5.82 Å². The Morgan fingerprint density at radius 3 is 2.81 bits per heavy atom. The Morgan fingerprint density at radius 1 is 1.05 bits per heavy atom. The first-order valence-electron chi connectivity index (χ1n) is 6.44. The summed E-state index contributed by atoms with van der Waals surface area (Å²) in [6, 6.07) is 6.64. The lowest BCUT2D eigenvalue weighted by molar-refractivity contribution is 0.639. The fourth-order valence-corrected chi connectivity index (χ4v) is 2.32. The van der Waals surface area contributed by atoms with E-state index in [9.17, 15) is 4.39 Å². The zero-order valence-electron chi connectivity index (χ0n) is 11.2. The summed E-state index contributed by atoms with van der Waals surface area (Å²) in [4.78, 5) is 8.55. The van der Waals surface area contributed by atoms with E-state index < -0.39 is 0 Å². The van der Waals surface area contributed by atoms with Crippen molar-refractivity contribution in [3.05, 3.63) is 54.5 Å². The Balaban J connectivity index is 1.95. The average Bonchev–Trinajstić information content (AvgIpc) is 2.88. The lowest BCUT2D eigenvalue weighted by Crippen LogP contribution is -1.93. The van der Waals surface area contributed by atoms with Gasteiger partial charge in [0.1, 0.15) is 11.6 Å². The van der Waals surface area contributed by atoms with E-state index in [2.05, 4.69) is 20.2 Å². The third-order valence-corrected chi connectivity index (χ3v) is 3.44. The number of halogens is 1. The Kier molecular flexibility index (Phi) is 2.44. The maximum Gasteiger partial charge on any atom is 0.254 e. The molecule has 0 saturated heterocycles. The quantitative estimate of drug-likeness (QED) is 0.537. The highest BCUT2D eigenvalue weighted by Gasteiger charge is 2.08. The first-order valence-corrected chi connectivity index (χ1v) is 6.44. The van der Waals surface area contributed by atoms with Gasteiger partial charge in [0, 0.05) is 35.1 Å². The lowest BCUT2D eigenvalue weighted by Gasteiger charge is -2.05. The molecule has 0 bridgehead atoms. The molecule has 0 radical (unpaired) electrons. The van der Waals surface area contributed by atoms with Gasteiger partial charge in [0.25, 0.3) is 5.78 Å². The average molecular weight is 279 g/mol. The van der Waals surface area contributed by atoms with Gasteiger partial charge in [-0.3, -0.25) is 9.38 Å². The molecule has 0 aliphatic carbocycles. The van der Waals surface area contributed by atoms with Crippen molar-refractivity contribution in [2.45, 2.75) is 6.92 Å². The van der Waals surface area contributed by atoms with Crippen LogP contribution < -0.4 is 0 Å². The van der Waals surface area contributed by atoms with Crippen molar-refractivity contribution < 1.29 is 4.39 Å². The monoisotopic (exact) mass is 279 g/mol. The molecule has 0 amide bonds. The number of hydrogen-bond donors (Lipinski definition) is 0. The smallest absolute Gasteiger partial charge is 0.254 e. The predicted octanol–water partition coefficient (Wildman–Crippen LogP) is 2.79. The summed E-state index contributed by atoms with van der Waals surface area (Å²) in [6.07, 6.45) is 5.28. The maximum atomic E-state index is 13.9. The normalized spacial score (nSPS) is 11.3. The summed E-state index contributed by atoms with van der Waals surface area (Å²) in [5.74, 6) is 1.01. The molecule has 0 atom stereocenters. The van der Waals surface area contributed by atoms with Crippen LogP contribution in [0.1, 0.15) is 5.82 Å². The molecule has 0 spiro atoms. The van der Waals surface area contributed by atoms with Crippen LogP contribution in [0, 0.1) is 12.7 Å². The number of fused-ring (bicyclic) bond motifs is 2. The van der Waals surface area contributed by atoms with Crippen LogP contribution >= 0.6 is 0 Å². The molecule has 5 nitrogen and oxygen atoms in total. The fraction of sp³-hybridized carbons (Fsp3) is 0.0667. The predicted molar refractivity (Wildman–Crippen MR) is 76.2 cm³/mol. The van der Waals surface area contributed by atoms with Crippen molar-refractivity contribution in [1.82, 2.24) is 24.6 Å². The number of pyridine rings is 1. The van der Waals surface area contributed by atoms with Gasteiger partial charge < -0.3 is 0 Å². The van der Waals surface area contributed by atoms with E-state index in [1.165, 1.54) is 6.07 Å². The Bertz CT molecular complexity index is 976. The van der Waals surface area contributed by atoms with Crippen LogP contribution in [0.2, 0.25) is 0 Å². The molecular weight excluding hydrogens is 269 g/mol. The summed E-state index contributed by atoms with van der Waals surface area (Å²) in [5, 5.41) is 8.41. The Morgan fingerprint density at radius 2 is 1.90 bits per heavy atom. The third-order valence-electron chi connectivity index (χ3n) is 3.44. The topological polar surface area (TPSA) is 56.0 Å². The van der Waals surface area contributed by atoms with Crippen LogP contribution in [0.15, 0.2) is 42.9 Å². The number of benzene rings is 1. The minimum Gasteiger partial charge on any atom is -0.270 e. The zero-order chi connectivity index (χ0) is 14.4. The second-order valence-electron chi connectivity index (χ2n) is 4.79. The molecule has 4 rings (SSSR count). The van der Waals surface area contributed by atoms with Crippen LogP contribution in [-0.2, 0) is 0 Å². The highest BCUT2D eigenvalue weighted by atomic mass is 19.1. The van der Waals surface area contributed by atoms with Crippen LogP contribution in [0.4, 0.5) is 4.39 Å². The first kappa shape index (κ1) is 11.9. The summed E-state index contributed by atoms with van der Waals surface area (Å²) >= 11 is 0. The van der Waals surface area contributed by atoms with E-state index in [0.717, 1.165) is 17.0 Å². The number of aromatic nitrogens is 5. The fourth-order valence-electron chi connectivity index (χ4n) is 2.32. The Hall–Kier alpha value is -2.89. The molecule has 0 aliphatic heterocycles.